The minimum Gasteiger partial charge on any atom is -0.496 e. The summed E-state index contributed by atoms with van der Waals surface area (Å²) >= 11 is 0. The number of carbonyl (C=O) groups is 2. The van der Waals surface area contributed by atoms with Crippen LogP contribution in [0.1, 0.15) is 41.5 Å². The summed E-state index contributed by atoms with van der Waals surface area (Å²) in [5, 5.41) is 3.05. The Morgan fingerprint density at radius 2 is 1.44 bits per heavy atom. The first-order chi connectivity index (χ1) is 21.8. The molecule has 0 bridgehead atoms. The molecule has 0 heterocycles. The van der Waals surface area contributed by atoms with E-state index in [0.717, 1.165) is 35.1 Å². The molecule has 0 spiro atoms. The highest BCUT2D eigenvalue weighted by atomic mass is 32.2. The number of sulfonamides is 1. The van der Waals surface area contributed by atoms with Crippen molar-refractivity contribution in [1.29, 1.82) is 0 Å². The van der Waals surface area contributed by atoms with Crippen LogP contribution in [-0.2, 0) is 45.5 Å². The van der Waals surface area contributed by atoms with Gasteiger partial charge < -0.3 is 15.0 Å². The second-order valence-electron chi connectivity index (χ2n) is 11.3. The molecule has 1 aliphatic rings. The van der Waals surface area contributed by atoms with E-state index in [0.29, 0.717) is 18.6 Å². The van der Waals surface area contributed by atoms with Gasteiger partial charge in [0.2, 0.25) is 21.8 Å². The lowest BCUT2D eigenvalue weighted by Gasteiger charge is -2.32. The molecule has 4 aromatic rings. The minimum absolute atomic E-state index is 0.0265. The number of aryl methyl sites for hydroxylation is 1. The lowest BCUT2D eigenvalue weighted by Crippen LogP contribution is -2.50. The first-order valence-corrected chi connectivity index (χ1v) is 16.7. The van der Waals surface area contributed by atoms with Gasteiger partial charge in [-0.1, -0.05) is 91.0 Å². The molecule has 8 nitrogen and oxygen atoms in total. The number of methoxy groups -OCH3 is 1. The fourth-order valence-corrected chi connectivity index (χ4v) is 6.51. The van der Waals surface area contributed by atoms with E-state index in [1.807, 2.05) is 84.9 Å². The number of nitrogens with one attached hydrogen (secondary N) is 2. The molecular formula is C36H39N3O5S. The molecular weight excluding hydrogens is 586 g/mol. The van der Waals surface area contributed by atoms with E-state index >= 15 is 0 Å². The average molecular weight is 626 g/mol. The van der Waals surface area contributed by atoms with Crippen molar-refractivity contribution in [2.75, 3.05) is 7.11 Å². The molecule has 1 fully saturated rings. The zero-order chi connectivity index (χ0) is 31.6. The van der Waals surface area contributed by atoms with Crippen LogP contribution in [0.3, 0.4) is 0 Å². The summed E-state index contributed by atoms with van der Waals surface area (Å²) in [7, 11) is -1.96. The maximum absolute atomic E-state index is 14.0. The van der Waals surface area contributed by atoms with Crippen molar-refractivity contribution in [3.05, 3.63) is 131 Å². The predicted octanol–water partition coefficient (Wildman–Crippen LogP) is 5.03. The second kappa shape index (κ2) is 15.0. The first-order valence-electron chi connectivity index (χ1n) is 15.2. The van der Waals surface area contributed by atoms with Crippen molar-refractivity contribution in [2.45, 2.75) is 62.2 Å². The van der Waals surface area contributed by atoms with Gasteiger partial charge in [-0.05, 0) is 54.2 Å². The van der Waals surface area contributed by atoms with E-state index in [1.165, 1.54) is 0 Å². The Morgan fingerprint density at radius 1 is 0.822 bits per heavy atom. The van der Waals surface area contributed by atoms with Crippen molar-refractivity contribution in [3.8, 4) is 5.75 Å². The van der Waals surface area contributed by atoms with Crippen LogP contribution in [0.4, 0.5) is 0 Å². The third kappa shape index (κ3) is 9.03. The fourth-order valence-electron chi connectivity index (χ4n) is 5.20. The summed E-state index contributed by atoms with van der Waals surface area (Å²) < 4.78 is 33.3. The molecule has 0 radical (unpaired) electrons. The van der Waals surface area contributed by atoms with Gasteiger partial charge in [-0.3, -0.25) is 9.59 Å². The summed E-state index contributed by atoms with van der Waals surface area (Å²) in [6.07, 6.45) is 2.63. The van der Waals surface area contributed by atoms with Gasteiger partial charge in [-0.15, -0.1) is 0 Å². The Labute approximate surface area is 265 Å². The standard InChI is InChI=1S/C36H39N3O5S/c1-44-34-15-9-8-14-30(34)25-37-36(41)33(24-28-10-4-2-5-11-28)39(26-29-12-6-3-7-13-29)35(40)23-18-27-16-21-32(22-17-27)45(42,43)38-31-19-20-31/h2-17,21-22,31,33,38H,18-20,23-26H2,1H3,(H,37,41)/t33-/m0/s1. The zero-order valence-electron chi connectivity index (χ0n) is 25.4. The van der Waals surface area contributed by atoms with Crippen LogP contribution >= 0.6 is 0 Å². The molecule has 0 unspecified atom stereocenters. The topological polar surface area (TPSA) is 105 Å². The zero-order valence-corrected chi connectivity index (χ0v) is 26.2. The average Bonchev–Trinajstić information content (AvgIpc) is 3.88. The maximum atomic E-state index is 14.0. The normalized spacial score (nSPS) is 13.5. The number of carbonyl (C=O) groups excluding carboxylic acids is 2. The smallest absolute Gasteiger partial charge is 0.243 e. The number of benzene rings is 4. The van der Waals surface area contributed by atoms with E-state index in [1.54, 1.807) is 36.3 Å². The molecule has 1 atom stereocenters. The Morgan fingerprint density at radius 3 is 2.09 bits per heavy atom. The summed E-state index contributed by atoms with van der Waals surface area (Å²) in [5.41, 5.74) is 3.54. The van der Waals surface area contributed by atoms with Crippen LogP contribution in [0.15, 0.2) is 114 Å². The highest BCUT2D eigenvalue weighted by molar-refractivity contribution is 7.89. The fraction of sp³-hybridized carbons (Fsp3) is 0.278. The van der Waals surface area contributed by atoms with Gasteiger partial charge in [0.05, 0.1) is 12.0 Å². The van der Waals surface area contributed by atoms with Crippen molar-refractivity contribution >= 4 is 21.8 Å². The molecule has 2 amide bonds. The lowest BCUT2D eigenvalue weighted by atomic mass is 10.0. The van der Waals surface area contributed by atoms with E-state index in [2.05, 4.69) is 10.0 Å². The van der Waals surface area contributed by atoms with E-state index in [9.17, 15) is 18.0 Å². The van der Waals surface area contributed by atoms with Gasteiger partial charge in [-0.2, -0.15) is 0 Å². The monoisotopic (exact) mass is 625 g/mol. The van der Waals surface area contributed by atoms with Crippen molar-refractivity contribution in [1.82, 2.24) is 14.9 Å². The second-order valence-corrected chi connectivity index (χ2v) is 13.0. The molecule has 9 heteroatoms. The Balaban J connectivity index is 1.36. The molecule has 0 aliphatic heterocycles. The van der Waals surface area contributed by atoms with Crippen LogP contribution in [-0.4, -0.2) is 44.3 Å². The molecule has 234 valence electrons. The minimum atomic E-state index is -3.55. The number of hydrogen-bond acceptors (Lipinski definition) is 5. The number of rotatable bonds is 15. The third-order valence-electron chi connectivity index (χ3n) is 7.87. The Kier molecular flexibility index (Phi) is 10.7. The molecule has 2 N–H and O–H groups in total. The molecule has 5 rings (SSSR count). The van der Waals surface area contributed by atoms with Gasteiger partial charge in [0, 0.05) is 37.5 Å². The van der Waals surface area contributed by atoms with Gasteiger partial charge in [0.25, 0.3) is 0 Å². The van der Waals surface area contributed by atoms with Gasteiger partial charge >= 0.3 is 0 Å². The van der Waals surface area contributed by atoms with Gasteiger partial charge in [-0.25, -0.2) is 13.1 Å². The quantitative estimate of drug-likeness (QED) is 0.193. The van der Waals surface area contributed by atoms with Crippen molar-refractivity contribution < 1.29 is 22.7 Å². The Hall–Kier alpha value is -4.47. The molecule has 1 saturated carbocycles. The van der Waals surface area contributed by atoms with Crippen LogP contribution in [0.5, 0.6) is 5.75 Å². The van der Waals surface area contributed by atoms with Crippen LogP contribution in [0.25, 0.3) is 0 Å². The third-order valence-corrected chi connectivity index (χ3v) is 9.41. The number of amides is 2. The molecule has 4 aromatic carbocycles. The molecule has 45 heavy (non-hydrogen) atoms. The predicted molar refractivity (Wildman–Crippen MR) is 174 cm³/mol. The summed E-state index contributed by atoms with van der Waals surface area (Å²) in [5.74, 6) is 0.253. The van der Waals surface area contributed by atoms with E-state index in [4.69, 9.17) is 4.74 Å². The SMILES string of the molecule is COc1ccccc1CNC(=O)[C@H](Cc1ccccc1)N(Cc1ccccc1)C(=O)CCc1ccc(S(=O)(=O)NC2CC2)cc1. The molecule has 0 saturated heterocycles. The molecule has 0 aromatic heterocycles. The number of nitrogens with zero attached hydrogens (tertiary/aromatic N) is 1. The van der Waals surface area contributed by atoms with Crippen molar-refractivity contribution in [3.63, 3.8) is 0 Å². The van der Waals surface area contributed by atoms with Crippen LogP contribution in [0, 0.1) is 0 Å². The highest BCUT2D eigenvalue weighted by Gasteiger charge is 2.31. The molecule has 1 aliphatic carbocycles. The van der Waals surface area contributed by atoms with Crippen molar-refractivity contribution in [2.24, 2.45) is 0 Å². The lowest BCUT2D eigenvalue weighted by molar-refractivity contribution is -0.141. The van der Waals surface area contributed by atoms with Crippen LogP contribution < -0.4 is 14.8 Å². The summed E-state index contributed by atoms with van der Waals surface area (Å²) in [6, 6.07) is 32.8. The Bertz CT molecular complexity index is 1680. The van der Waals surface area contributed by atoms with Gasteiger partial charge in [0.1, 0.15) is 11.8 Å². The van der Waals surface area contributed by atoms with Gasteiger partial charge in [0.15, 0.2) is 0 Å². The summed E-state index contributed by atoms with van der Waals surface area (Å²) in [4.78, 5) is 29.8. The number of hydrogen-bond donors (Lipinski definition) is 2. The highest BCUT2D eigenvalue weighted by Crippen LogP contribution is 2.23. The maximum Gasteiger partial charge on any atom is 0.243 e. The number of ether oxygens (including phenoxy) is 1. The van der Waals surface area contributed by atoms with E-state index < -0.39 is 16.1 Å². The summed E-state index contributed by atoms with van der Waals surface area (Å²) in [6.45, 7) is 0.523. The van der Waals surface area contributed by atoms with Crippen LogP contribution in [0.2, 0.25) is 0 Å². The van der Waals surface area contributed by atoms with E-state index in [-0.39, 0.29) is 42.3 Å². The largest absolute Gasteiger partial charge is 0.496 e. The number of para-hydroxylation sites is 1. The first kappa shape index (κ1) is 31.9.